The third kappa shape index (κ3) is 4.16. The van der Waals surface area contributed by atoms with Crippen LogP contribution in [0.25, 0.3) is 0 Å². The van der Waals surface area contributed by atoms with E-state index in [9.17, 15) is 0 Å². The highest BCUT2D eigenvalue weighted by molar-refractivity contribution is 5.62. The fraction of sp³-hybridized carbons (Fsp3) is 0.375. The van der Waals surface area contributed by atoms with Gasteiger partial charge in [0, 0.05) is 25.4 Å². The number of ether oxygens (including phenoxy) is 1. The average molecular weight is 286 g/mol. The van der Waals surface area contributed by atoms with E-state index in [1.165, 1.54) is 5.56 Å². The Morgan fingerprint density at radius 3 is 2.57 bits per heavy atom. The van der Waals surface area contributed by atoms with Crippen molar-refractivity contribution in [3.63, 3.8) is 0 Å². The number of rotatable bonds is 7. The van der Waals surface area contributed by atoms with Gasteiger partial charge in [-0.15, -0.1) is 0 Å². The smallest absolute Gasteiger partial charge is 0.158 e. The molecule has 5 heteroatoms. The van der Waals surface area contributed by atoms with E-state index < -0.39 is 0 Å². The van der Waals surface area contributed by atoms with Crippen LogP contribution in [0.3, 0.4) is 0 Å². The van der Waals surface area contributed by atoms with Crippen LogP contribution in [0.4, 0.5) is 17.3 Å². The van der Waals surface area contributed by atoms with E-state index in [2.05, 4.69) is 39.7 Å². The van der Waals surface area contributed by atoms with Crippen molar-refractivity contribution in [3.8, 4) is 0 Å². The van der Waals surface area contributed by atoms with Crippen LogP contribution in [0, 0.1) is 0 Å². The summed E-state index contributed by atoms with van der Waals surface area (Å²) in [6.45, 7) is 5.39. The molecule has 21 heavy (non-hydrogen) atoms. The molecule has 0 unspecified atom stereocenters. The van der Waals surface area contributed by atoms with Crippen LogP contribution in [-0.4, -0.2) is 23.6 Å². The molecule has 2 rings (SSSR count). The van der Waals surface area contributed by atoms with E-state index in [4.69, 9.17) is 4.74 Å². The molecule has 0 amide bonds. The number of aromatic nitrogens is 2. The SMILES string of the molecule is CCNc1cc(Nc2ccccc2CC)nc(COC)n1. The van der Waals surface area contributed by atoms with E-state index >= 15 is 0 Å². The second-order valence-corrected chi connectivity index (χ2v) is 4.65. The third-order valence-electron chi connectivity index (χ3n) is 3.06. The van der Waals surface area contributed by atoms with Crippen LogP contribution >= 0.6 is 0 Å². The number of methoxy groups -OCH3 is 1. The van der Waals surface area contributed by atoms with E-state index in [0.717, 1.165) is 30.3 Å². The van der Waals surface area contributed by atoms with E-state index in [0.29, 0.717) is 12.4 Å². The standard InChI is InChI=1S/C16H22N4O/c1-4-12-8-6-7-9-13(12)18-15-10-14(17-5-2)19-16(20-15)11-21-3/h6-10H,4-5,11H2,1-3H3,(H2,17,18,19,20). The average Bonchev–Trinajstić information content (AvgIpc) is 2.48. The van der Waals surface area contributed by atoms with Gasteiger partial charge in [-0.25, -0.2) is 9.97 Å². The lowest BCUT2D eigenvalue weighted by Crippen LogP contribution is -2.07. The maximum absolute atomic E-state index is 5.13. The zero-order chi connectivity index (χ0) is 15.1. The minimum Gasteiger partial charge on any atom is -0.377 e. The Balaban J connectivity index is 2.29. The zero-order valence-electron chi connectivity index (χ0n) is 12.8. The molecule has 112 valence electrons. The lowest BCUT2D eigenvalue weighted by molar-refractivity contribution is 0.178. The van der Waals surface area contributed by atoms with Gasteiger partial charge < -0.3 is 15.4 Å². The van der Waals surface area contributed by atoms with Crippen molar-refractivity contribution in [1.29, 1.82) is 0 Å². The fourth-order valence-electron chi connectivity index (χ4n) is 2.12. The largest absolute Gasteiger partial charge is 0.377 e. The molecule has 2 N–H and O–H groups in total. The van der Waals surface area contributed by atoms with E-state index in [1.54, 1.807) is 7.11 Å². The highest BCUT2D eigenvalue weighted by Crippen LogP contribution is 2.21. The monoisotopic (exact) mass is 286 g/mol. The van der Waals surface area contributed by atoms with Gasteiger partial charge in [-0.3, -0.25) is 0 Å². The van der Waals surface area contributed by atoms with Gasteiger partial charge in [-0.1, -0.05) is 25.1 Å². The molecule has 1 aromatic carbocycles. The summed E-state index contributed by atoms with van der Waals surface area (Å²) < 4.78 is 5.13. The van der Waals surface area contributed by atoms with Crippen LogP contribution in [0.15, 0.2) is 30.3 Å². The third-order valence-corrected chi connectivity index (χ3v) is 3.06. The number of anilines is 3. The van der Waals surface area contributed by atoms with Crippen molar-refractivity contribution in [2.45, 2.75) is 26.9 Å². The second kappa shape index (κ2) is 7.59. The molecule has 0 spiro atoms. The summed E-state index contributed by atoms with van der Waals surface area (Å²) in [6, 6.07) is 10.2. The molecule has 0 aliphatic rings. The maximum atomic E-state index is 5.13. The first-order chi connectivity index (χ1) is 10.3. The van der Waals surface area contributed by atoms with Crippen molar-refractivity contribution < 1.29 is 4.74 Å². The minimum absolute atomic E-state index is 0.392. The fourth-order valence-corrected chi connectivity index (χ4v) is 2.12. The van der Waals surface area contributed by atoms with Gasteiger partial charge >= 0.3 is 0 Å². The normalized spacial score (nSPS) is 10.4. The maximum Gasteiger partial charge on any atom is 0.158 e. The van der Waals surface area contributed by atoms with Gasteiger partial charge in [0.1, 0.15) is 18.2 Å². The Morgan fingerprint density at radius 2 is 1.86 bits per heavy atom. The lowest BCUT2D eigenvalue weighted by atomic mass is 10.1. The van der Waals surface area contributed by atoms with E-state index in [1.807, 2.05) is 25.1 Å². The van der Waals surface area contributed by atoms with Crippen molar-refractivity contribution in [1.82, 2.24) is 9.97 Å². The number of para-hydroxylation sites is 1. The van der Waals surface area contributed by atoms with Crippen LogP contribution in [0.5, 0.6) is 0 Å². The van der Waals surface area contributed by atoms with Crippen molar-refractivity contribution >= 4 is 17.3 Å². The first-order valence-corrected chi connectivity index (χ1v) is 7.22. The summed E-state index contributed by atoms with van der Waals surface area (Å²) in [5.41, 5.74) is 2.33. The summed E-state index contributed by atoms with van der Waals surface area (Å²) in [5, 5.41) is 6.59. The molecule has 0 bridgehead atoms. The Kier molecular flexibility index (Phi) is 5.51. The van der Waals surface area contributed by atoms with Gasteiger partial charge in [0.25, 0.3) is 0 Å². The Labute approximate surface area is 125 Å². The summed E-state index contributed by atoms with van der Waals surface area (Å²) >= 11 is 0. The molecule has 0 aliphatic carbocycles. The molecule has 0 aliphatic heterocycles. The molecular weight excluding hydrogens is 264 g/mol. The predicted molar refractivity (Wildman–Crippen MR) is 86.0 cm³/mol. The quantitative estimate of drug-likeness (QED) is 0.817. The molecule has 2 aromatic rings. The molecular formula is C16H22N4O. The number of hydrogen-bond acceptors (Lipinski definition) is 5. The summed E-state index contributed by atoms with van der Waals surface area (Å²) in [6.07, 6.45) is 0.971. The molecule has 0 radical (unpaired) electrons. The number of hydrogen-bond donors (Lipinski definition) is 2. The molecule has 1 heterocycles. The van der Waals surface area contributed by atoms with Crippen LogP contribution in [0.2, 0.25) is 0 Å². The molecule has 5 nitrogen and oxygen atoms in total. The van der Waals surface area contributed by atoms with Crippen molar-refractivity contribution in [2.75, 3.05) is 24.3 Å². The molecule has 0 fully saturated rings. The number of benzene rings is 1. The van der Waals surface area contributed by atoms with Crippen LogP contribution in [-0.2, 0) is 17.8 Å². The van der Waals surface area contributed by atoms with Gasteiger partial charge in [-0.05, 0) is 25.0 Å². The highest BCUT2D eigenvalue weighted by Gasteiger charge is 2.06. The summed E-state index contributed by atoms with van der Waals surface area (Å²) in [4.78, 5) is 8.90. The Hall–Kier alpha value is -2.14. The molecule has 0 atom stereocenters. The summed E-state index contributed by atoms with van der Waals surface area (Å²) in [7, 11) is 1.64. The van der Waals surface area contributed by atoms with E-state index in [-0.39, 0.29) is 0 Å². The number of nitrogens with zero attached hydrogens (tertiary/aromatic N) is 2. The van der Waals surface area contributed by atoms with Gasteiger partial charge in [0.05, 0.1) is 0 Å². The summed E-state index contributed by atoms with van der Waals surface area (Å²) in [5.74, 6) is 2.23. The molecule has 0 saturated carbocycles. The minimum atomic E-state index is 0.392. The number of aryl methyl sites for hydroxylation is 1. The highest BCUT2D eigenvalue weighted by atomic mass is 16.5. The molecule has 1 aromatic heterocycles. The van der Waals surface area contributed by atoms with Crippen molar-refractivity contribution in [2.24, 2.45) is 0 Å². The number of nitrogens with one attached hydrogen (secondary N) is 2. The van der Waals surface area contributed by atoms with Crippen molar-refractivity contribution in [3.05, 3.63) is 41.7 Å². The van der Waals surface area contributed by atoms with Gasteiger partial charge in [0.15, 0.2) is 5.82 Å². The topological polar surface area (TPSA) is 59.1 Å². The Morgan fingerprint density at radius 1 is 1.10 bits per heavy atom. The van der Waals surface area contributed by atoms with Crippen LogP contribution < -0.4 is 10.6 Å². The predicted octanol–water partition coefficient (Wildman–Crippen LogP) is 3.36. The molecule has 0 saturated heterocycles. The Bertz CT molecular complexity index is 562. The van der Waals surface area contributed by atoms with Gasteiger partial charge in [-0.2, -0.15) is 0 Å². The van der Waals surface area contributed by atoms with Crippen LogP contribution in [0.1, 0.15) is 25.2 Å². The second-order valence-electron chi connectivity index (χ2n) is 4.65. The zero-order valence-corrected chi connectivity index (χ0v) is 12.8. The first-order valence-electron chi connectivity index (χ1n) is 7.22. The first kappa shape index (κ1) is 15.3. The van der Waals surface area contributed by atoms with Gasteiger partial charge in [0.2, 0.25) is 0 Å². The lowest BCUT2D eigenvalue weighted by Gasteiger charge is -2.12.